The number of aromatic nitrogens is 1. The molecule has 3 nitrogen and oxygen atoms in total. The van der Waals surface area contributed by atoms with E-state index in [1.165, 1.54) is 4.88 Å². The van der Waals surface area contributed by atoms with Crippen molar-refractivity contribution < 1.29 is 0 Å². The van der Waals surface area contributed by atoms with Gasteiger partial charge in [-0.15, -0.1) is 11.3 Å². The Morgan fingerprint density at radius 2 is 1.86 bits per heavy atom. The second-order valence-electron chi connectivity index (χ2n) is 4.08. The number of hydrogen-bond donors (Lipinski definition) is 1. The highest BCUT2D eigenvalue weighted by molar-refractivity contribution is 7.15. The van der Waals surface area contributed by atoms with E-state index in [1.807, 2.05) is 25.9 Å². The SMILES string of the molecule is CC(C)c1nc(N(C)C)sc1C(C)N. The highest BCUT2D eigenvalue weighted by atomic mass is 32.1. The van der Waals surface area contributed by atoms with Crippen LogP contribution in [-0.2, 0) is 0 Å². The summed E-state index contributed by atoms with van der Waals surface area (Å²) in [6.07, 6.45) is 0. The summed E-state index contributed by atoms with van der Waals surface area (Å²) in [5.41, 5.74) is 7.06. The first-order valence-electron chi connectivity index (χ1n) is 4.87. The Morgan fingerprint density at radius 3 is 2.14 bits per heavy atom. The standard InChI is InChI=1S/C10H19N3S/c1-6(2)8-9(7(3)11)14-10(12-8)13(4)5/h6-7H,11H2,1-5H3. The van der Waals surface area contributed by atoms with Crippen molar-refractivity contribution in [3.8, 4) is 0 Å². The lowest BCUT2D eigenvalue weighted by atomic mass is 10.1. The van der Waals surface area contributed by atoms with Crippen LogP contribution in [0.4, 0.5) is 5.13 Å². The van der Waals surface area contributed by atoms with Crippen LogP contribution < -0.4 is 10.6 Å². The molecule has 4 heteroatoms. The first-order chi connectivity index (χ1) is 6.43. The maximum absolute atomic E-state index is 5.92. The van der Waals surface area contributed by atoms with E-state index in [-0.39, 0.29) is 6.04 Å². The lowest BCUT2D eigenvalue weighted by Gasteiger charge is -2.07. The van der Waals surface area contributed by atoms with Gasteiger partial charge in [0.2, 0.25) is 0 Å². The minimum Gasteiger partial charge on any atom is -0.354 e. The van der Waals surface area contributed by atoms with Gasteiger partial charge in [-0.05, 0) is 12.8 Å². The highest BCUT2D eigenvalue weighted by Gasteiger charge is 2.17. The molecule has 0 aromatic carbocycles. The molecule has 0 fully saturated rings. The van der Waals surface area contributed by atoms with Gasteiger partial charge in [0.05, 0.1) is 5.69 Å². The molecule has 0 aliphatic rings. The molecule has 0 aliphatic heterocycles. The molecule has 0 amide bonds. The Hall–Kier alpha value is -0.610. The van der Waals surface area contributed by atoms with Gasteiger partial charge < -0.3 is 10.6 Å². The van der Waals surface area contributed by atoms with Crippen molar-refractivity contribution in [3.63, 3.8) is 0 Å². The topological polar surface area (TPSA) is 42.2 Å². The fourth-order valence-electron chi connectivity index (χ4n) is 1.26. The van der Waals surface area contributed by atoms with Gasteiger partial charge in [-0.2, -0.15) is 0 Å². The molecule has 0 radical (unpaired) electrons. The summed E-state index contributed by atoms with van der Waals surface area (Å²) in [5, 5.41) is 1.04. The van der Waals surface area contributed by atoms with E-state index in [0.29, 0.717) is 5.92 Å². The van der Waals surface area contributed by atoms with Crippen LogP contribution in [0.3, 0.4) is 0 Å². The first-order valence-corrected chi connectivity index (χ1v) is 5.68. The van der Waals surface area contributed by atoms with Gasteiger partial charge in [0.25, 0.3) is 0 Å². The number of thiazole rings is 1. The Morgan fingerprint density at radius 1 is 1.29 bits per heavy atom. The Bertz CT molecular complexity index is 277. The molecule has 1 aromatic heterocycles. The molecule has 1 unspecified atom stereocenters. The van der Waals surface area contributed by atoms with Crippen LogP contribution in [-0.4, -0.2) is 19.1 Å². The maximum atomic E-state index is 5.92. The van der Waals surface area contributed by atoms with Crippen molar-refractivity contribution in [2.45, 2.75) is 32.7 Å². The van der Waals surface area contributed by atoms with E-state index < -0.39 is 0 Å². The second kappa shape index (κ2) is 4.28. The van der Waals surface area contributed by atoms with E-state index in [9.17, 15) is 0 Å². The van der Waals surface area contributed by atoms with Crippen LogP contribution >= 0.6 is 11.3 Å². The summed E-state index contributed by atoms with van der Waals surface area (Å²) in [6.45, 7) is 6.32. The van der Waals surface area contributed by atoms with Crippen molar-refractivity contribution in [2.75, 3.05) is 19.0 Å². The van der Waals surface area contributed by atoms with Gasteiger partial charge in [0.15, 0.2) is 5.13 Å². The van der Waals surface area contributed by atoms with Gasteiger partial charge in [-0.1, -0.05) is 13.8 Å². The second-order valence-corrected chi connectivity index (χ2v) is 5.09. The molecule has 0 saturated carbocycles. The first kappa shape index (κ1) is 11.5. The molecule has 1 atom stereocenters. The lowest BCUT2D eigenvalue weighted by molar-refractivity contribution is 0.762. The predicted molar refractivity (Wildman–Crippen MR) is 63.1 cm³/mol. The van der Waals surface area contributed by atoms with E-state index >= 15 is 0 Å². The van der Waals surface area contributed by atoms with Gasteiger partial charge in [0.1, 0.15) is 0 Å². The number of anilines is 1. The summed E-state index contributed by atoms with van der Waals surface area (Å²) in [4.78, 5) is 7.84. The molecule has 0 bridgehead atoms. The lowest BCUT2D eigenvalue weighted by Crippen LogP contribution is -2.08. The fourth-order valence-corrected chi connectivity index (χ4v) is 2.36. The molecule has 0 saturated heterocycles. The third-order valence-corrected chi connectivity index (χ3v) is 3.45. The Kier molecular flexibility index (Phi) is 3.50. The van der Waals surface area contributed by atoms with Gasteiger partial charge in [0, 0.05) is 25.0 Å². The van der Waals surface area contributed by atoms with E-state index in [2.05, 4.69) is 18.8 Å². The van der Waals surface area contributed by atoms with Gasteiger partial charge in [-0.25, -0.2) is 4.98 Å². The molecule has 0 spiro atoms. The van der Waals surface area contributed by atoms with Crippen molar-refractivity contribution in [2.24, 2.45) is 5.73 Å². The summed E-state index contributed by atoms with van der Waals surface area (Å²) in [7, 11) is 4.02. The van der Waals surface area contributed by atoms with Gasteiger partial charge in [-0.3, -0.25) is 0 Å². The average Bonchev–Trinajstić information content (AvgIpc) is 2.47. The third-order valence-electron chi connectivity index (χ3n) is 2.01. The quantitative estimate of drug-likeness (QED) is 0.838. The summed E-state index contributed by atoms with van der Waals surface area (Å²) >= 11 is 1.69. The zero-order chi connectivity index (χ0) is 10.9. The van der Waals surface area contributed by atoms with Crippen LogP contribution in [0, 0.1) is 0 Å². The van der Waals surface area contributed by atoms with E-state index in [4.69, 9.17) is 5.73 Å². The third kappa shape index (κ3) is 2.25. The van der Waals surface area contributed by atoms with Crippen LogP contribution in [0.5, 0.6) is 0 Å². The number of hydrogen-bond acceptors (Lipinski definition) is 4. The molecule has 80 valence electrons. The Labute approximate surface area is 89.9 Å². The predicted octanol–water partition coefficient (Wildman–Crippen LogP) is 2.35. The zero-order valence-electron chi connectivity index (χ0n) is 9.53. The zero-order valence-corrected chi connectivity index (χ0v) is 10.4. The summed E-state index contributed by atoms with van der Waals surface area (Å²) < 4.78 is 0. The smallest absolute Gasteiger partial charge is 0.185 e. The molecule has 0 aliphatic carbocycles. The molecule has 14 heavy (non-hydrogen) atoms. The molecule has 1 heterocycles. The molecule has 1 rings (SSSR count). The fraction of sp³-hybridized carbons (Fsp3) is 0.700. The highest BCUT2D eigenvalue weighted by Crippen LogP contribution is 2.32. The van der Waals surface area contributed by atoms with Crippen molar-refractivity contribution in [3.05, 3.63) is 10.6 Å². The van der Waals surface area contributed by atoms with E-state index in [1.54, 1.807) is 11.3 Å². The summed E-state index contributed by atoms with van der Waals surface area (Å²) in [6, 6.07) is 0.0820. The van der Waals surface area contributed by atoms with Crippen LogP contribution in [0.2, 0.25) is 0 Å². The van der Waals surface area contributed by atoms with Crippen molar-refractivity contribution in [1.29, 1.82) is 0 Å². The largest absolute Gasteiger partial charge is 0.354 e. The van der Waals surface area contributed by atoms with Crippen LogP contribution in [0.1, 0.15) is 43.3 Å². The van der Waals surface area contributed by atoms with Crippen LogP contribution in [0.25, 0.3) is 0 Å². The minimum absolute atomic E-state index is 0.0820. The monoisotopic (exact) mass is 213 g/mol. The summed E-state index contributed by atoms with van der Waals surface area (Å²) in [5.74, 6) is 0.445. The molecular formula is C10H19N3S. The Balaban J connectivity index is 3.12. The number of rotatable bonds is 3. The molecule has 2 N–H and O–H groups in total. The van der Waals surface area contributed by atoms with E-state index in [0.717, 1.165) is 10.8 Å². The van der Waals surface area contributed by atoms with Gasteiger partial charge >= 0.3 is 0 Å². The molecule has 1 aromatic rings. The van der Waals surface area contributed by atoms with Crippen LogP contribution in [0.15, 0.2) is 0 Å². The van der Waals surface area contributed by atoms with Crippen molar-refractivity contribution >= 4 is 16.5 Å². The molecular weight excluding hydrogens is 194 g/mol. The average molecular weight is 213 g/mol. The number of nitrogens with zero attached hydrogens (tertiary/aromatic N) is 2. The maximum Gasteiger partial charge on any atom is 0.185 e. The number of nitrogens with two attached hydrogens (primary N) is 1. The van der Waals surface area contributed by atoms with Crippen molar-refractivity contribution in [1.82, 2.24) is 4.98 Å². The minimum atomic E-state index is 0.0820. The normalized spacial score (nSPS) is 13.4.